The van der Waals surface area contributed by atoms with Crippen LogP contribution in [0.1, 0.15) is 37.8 Å². The van der Waals surface area contributed by atoms with Crippen LogP contribution in [0.4, 0.5) is 4.39 Å². The Morgan fingerprint density at radius 2 is 1.53 bits per heavy atom. The topological polar surface area (TPSA) is 58.6 Å². The highest BCUT2D eigenvalue weighted by Crippen LogP contribution is 2.17. The normalized spacial score (nSPS) is 11.7. The number of rotatable bonds is 13. The average molecular weight is 491 g/mol. The first kappa shape index (κ1) is 26.9. The van der Waals surface area contributed by atoms with Gasteiger partial charge in [0.25, 0.3) is 0 Å². The van der Waals surface area contributed by atoms with Crippen molar-refractivity contribution in [1.82, 2.24) is 10.2 Å². The van der Waals surface area contributed by atoms with Gasteiger partial charge in [0.1, 0.15) is 17.6 Å². The SMILES string of the molecule is CC(C)CNC(=O)[C@@H](Cc1ccccc1)N(Cc1ccc(F)cc1)C(=O)CCCOc1ccccc1. The van der Waals surface area contributed by atoms with Gasteiger partial charge in [0.05, 0.1) is 6.61 Å². The molecule has 3 aromatic carbocycles. The molecule has 1 N–H and O–H groups in total. The van der Waals surface area contributed by atoms with Gasteiger partial charge >= 0.3 is 0 Å². The van der Waals surface area contributed by atoms with Gasteiger partial charge in [-0.15, -0.1) is 0 Å². The number of carbonyl (C=O) groups excluding carboxylic acids is 2. The number of benzene rings is 3. The molecule has 0 aromatic heterocycles. The molecule has 36 heavy (non-hydrogen) atoms. The number of nitrogens with zero attached hydrogens (tertiary/aromatic N) is 1. The third-order valence-corrected chi connectivity index (χ3v) is 5.77. The van der Waals surface area contributed by atoms with Crippen LogP contribution in [-0.2, 0) is 22.6 Å². The summed E-state index contributed by atoms with van der Waals surface area (Å²) in [6.07, 6.45) is 1.13. The van der Waals surface area contributed by atoms with E-state index in [2.05, 4.69) is 5.32 Å². The van der Waals surface area contributed by atoms with Crippen molar-refractivity contribution in [3.63, 3.8) is 0 Å². The number of hydrogen-bond donors (Lipinski definition) is 1. The first-order chi connectivity index (χ1) is 17.4. The quantitative estimate of drug-likeness (QED) is 0.327. The van der Waals surface area contributed by atoms with Gasteiger partial charge in [-0.2, -0.15) is 0 Å². The molecule has 5 nitrogen and oxygen atoms in total. The first-order valence-electron chi connectivity index (χ1n) is 12.5. The average Bonchev–Trinajstić information content (AvgIpc) is 2.89. The summed E-state index contributed by atoms with van der Waals surface area (Å²) in [5, 5.41) is 3.00. The van der Waals surface area contributed by atoms with E-state index in [4.69, 9.17) is 4.74 Å². The molecule has 3 rings (SSSR count). The van der Waals surface area contributed by atoms with Gasteiger partial charge in [-0.05, 0) is 47.7 Å². The lowest BCUT2D eigenvalue weighted by atomic mass is 10.0. The van der Waals surface area contributed by atoms with E-state index in [9.17, 15) is 14.0 Å². The Kier molecular flexibility index (Phi) is 10.5. The van der Waals surface area contributed by atoms with Crippen LogP contribution in [0, 0.1) is 11.7 Å². The maximum atomic E-state index is 13.5. The van der Waals surface area contributed by atoms with Gasteiger partial charge in [0.2, 0.25) is 11.8 Å². The molecule has 0 aliphatic carbocycles. The first-order valence-corrected chi connectivity index (χ1v) is 12.5. The highest BCUT2D eigenvalue weighted by Gasteiger charge is 2.30. The lowest BCUT2D eigenvalue weighted by Crippen LogP contribution is -2.51. The molecule has 1 atom stereocenters. The maximum Gasteiger partial charge on any atom is 0.243 e. The number of hydrogen-bond acceptors (Lipinski definition) is 3. The zero-order chi connectivity index (χ0) is 25.8. The summed E-state index contributed by atoms with van der Waals surface area (Å²) in [7, 11) is 0. The fourth-order valence-corrected chi connectivity index (χ4v) is 3.84. The summed E-state index contributed by atoms with van der Waals surface area (Å²) in [4.78, 5) is 28.5. The summed E-state index contributed by atoms with van der Waals surface area (Å²) in [6, 6.07) is 24.5. The highest BCUT2D eigenvalue weighted by atomic mass is 19.1. The van der Waals surface area contributed by atoms with Crippen LogP contribution in [0.3, 0.4) is 0 Å². The molecule has 0 spiro atoms. The van der Waals surface area contributed by atoms with E-state index in [-0.39, 0.29) is 36.5 Å². The van der Waals surface area contributed by atoms with Gasteiger partial charge in [0.15, 0.2) is 0 Å². The summed E-state index contributed by atoms with van der Waals surface area (Å²) in [6.45, 7) is 5.18. The summed E-state index contributed by atoms with van der Waals surface area (Å²) >= 11 is 0. The summed E-state index contributed by atoms with van der Waals surface area (Å²) in [5.74, 6) is 0.358. The lowest BCUT2D eigenvalue weighted by Gasteiger charge is -2.32. The largest absolute Gasteiger partial charge is 0.494 e. The van der Waals surface area contributed by atoms with Crippen molar-refractivity contribution in [3.05, 3.63) is 102 Å². The fraction of sp³-hybridized carbons (Fsp3) is 0.333. The number of nitrogens with one attached hydrogen (secondary N) is 1. The van der Waals surface area contributed by atoms with Crippen molar-refractivity contribution >= 4 is 11.8 Å². The van der Waals surface area contributed by atoms with Gasteiger partial charge in [-0.25, -0.2) is 4.39 Å². The Morgan fingerprint density at radius 3 is 2.17 bits per heavy atom. The third kappa shape index (κ3) is 8.84. The monoisotopic (exact) mass is 490 g/mol. The zero-order valence-electron chi connectivity index (χ0n) is 21.0. The van der Waals surface area contributed by atoms with Crippen molar-refractivity contribution in [1.29, 1.82) is 0 Å². The number of amides is 2. The summed E-state index contributed by atoms with van der Waals surface area (Å²) in [5.41, 5.74) is 1.73. The molecule has 0 radical (unpaired) electrons. The molecule has 2 amide bonds. The van der Waals surface area contributed by atoms with Crippen LogP contribution in [0.2, 0.25) is 0 Å². The maximum absolute atomic E-state index is 13.5. The van der Waals surface area contributed by atoms with Gasteiger partial charge in [-0.3, -0.25) is 9.59 Å². The molecule has 3 aromatic rings. The number of para-hydroxylation sites is 1. The Hall–Kier alpha value is -3.67. The predicted molar refractivity (Wildman–Crippen MR) is 140 cm³/mol. The van der Waals surface area contributed by atoms with Gasteiger partial charge in [0, 0.05) is 25.9 Å². The van der Waals surface area contributed by atoms with E-state index in [0.717, 1.165) is 16.9 Å². The molecule has 0 bridgehead atoms. The molecule has 0 unspecified atom stereocenters. The van der Waals surface area contributed by atoms with Crippen molar-refractivity contribution in [2.45, 2.75) is 45.7 Å². The Bertz CT molecular complexity index is 1070. The van der Waals surface area contributed by atoms with E-state index in [1.807, 2.05) is 74.5 Å². The standard InChI is InChI=1S/C30H35FN2O3/c1-23(2)21-32-30(35)28(20-24-10-5-3-6-11-24)33(22-25-15-17-26(31)18-16-25)29(34)14-9-19-36-27-12-7-4-8-13-27/h3-8,10-13,15-18,23,28H,9,14,19-22H2,1-2H3,(H,32,35)/t28-/m1/s1. The van der Waals surface area contributed by atoms with Crippen LogP contribution in [-0.4, -0.2) is 35.9 Å². The lowest BCUT2D eigenvalue weighted by molar-refractivity contribution is -0.141. The number of halogens is 1. The van der Waals surface area contributed by atoms with Crippen LogP contribution in [0.25, 0.3) is 0 Å². The molecule has 0 heterocycles. The highest BCUT2D eigenvalue weighted by molar-refractivity contribution is 5.88. The van der Waals surface area contributed by atoms with Crippen LogP contribution < -0.4 is 10.1 Å². The third-order valence-electron chi connectivity index (χ3n) is 5.77. The van der Waals surface area contributed by atoms with Crippen LogP contribution in [0.15, 0.2) is 84.9 Å². The molecule has 190 valence electrons. The Balaban J connectivity index is 1.78. The number of ether oxygens (including phenoxy) is 1. The van der Waals surface area contributed by atoms with Gasteiger partial charge < -0.3 is 15.0 Å². The minimum absolute atomic E-state index is 0.142. The van der Waals surface area contributed by atoms with E-state index >= 15 is 0 Å². The summed E-state index contributed by atoms with van der Waals surface area (Å²) < 4.78 is 19.3. The van der Waals surface area contributed by atoms with Crippen molar-refractivity contribution in [2.24, 2.45) is 5.92 Å². The zero-order valence-corrected chi connectivity index (χ0v) is 21.0. The second-order valence-corrected chi connectivity index (χ2v) is 9.26. The van der Waals surface area contributed by atoms with E-state index in [0.29, 0.717) is 26.0 Å². The molecular weight excluding hydrogens is 455 g/mol. The van der Waals surface area contributed by atoms with E-state index in [1.165, 1.54) is 12.1 Å². The van der Waals surface area contributed by atoms with Crippen molar-refractivity contribution < 1.29 is 18.7 Å². The van der Waals surface area contributed by atoms with Gasteiger partial charge in [-0.1, -0.05) is 74.5 Å². The minimum atomic E-state index is -0.696. The second kappa shape index (κ2) is 14.0. The smallest absolute Gasteiger partial charge is 0.243 e. The molecule has 6 heteroatoms. The molecule has 0 saturated heterocycles. The van der Waals surface area contributed by atoms with Crippen molar-refractivity contribution in [2.75, 3.05) is 13.2 Å². The predicted octanol–water partition coefficient (Wildman–Crippen LogP) is 5.40. The van der Waals surface area contributed by atoms with Crippen LogP contribution in [0.5, 0.6) is 5.75 Å². The van der Waals surface area contributed by atoms with E-state index in [1.54, 1.807) is 17.0 Å². The van der Waals surface area contributed by atoms with Crippen LogP contribution >= 0.6 is 0 Å². The molecule has 0 aliphatic rings. The molecule has 0 saturated carbocycles. The minimum Gasteiger partial charge on any atom is -0.494 e. The van der Waals surface area contributed by atoms with Crippen molar-refractivity contribution in [3.8, 4) is 5.75 Å². The van der Waals surface area contributed by atoms with E-state index < -0.39 is 6.04 Å². The molecule has 0 fully saturated rings. The number of carbonyl (C=O) groups is 2. The Labute approximate surface area is 213 Å². The molecule has 0 aliphatic heterocycles. The fourth-order valence-electron chi connectivity index (χ4n) is 3.84. The second-order valence-electron chi connectivity index (χ2n) is 9.26. The molecular formula is C30H35FN2O3. The Morgan fingerprint density at radius 1 is 0.889 bits per heavy atom.